The van der Waals surface area contributed by atoms with Crippen LogP contribution < -0.4 is 5.32 Å². The van der Waals surface area contributed by atoms with Gasteiger partial charge in [-0.15, -0.1) is 11.3 Å². The Balaban J connectivity index is 1.92. The van der Waals surface area contributed by atoms with Gasteiger partial charge in [0.25, 0.3) is 0 Å². The number of rotatable bonds is 3. The molecule has 0 aromatic carbocycles. The van der Waals surface area contributed by atoms with Crippen LogP contribution in [0.4, 0.5) is 0 Å². The molecule has 16 heavy (non-hydrogen) atoms. The molecule has 1 fully saturated rings. The summed E-state index contributed by atoms with van der Waals surface area (Å²) in [7, 11) is 0. The van der Waals surface area contributed by atoms with Crippen LogP contribution in [0.1, 0.15) is 37.4 Å². The molecule has 2 rings (SSSR count). The fourth-order valence-corrected chi connectivity index (χ4v) is 2.87. The Hall–Kier alpha value is -0.450. The molecular weight excluding hydrogens is 218 g/mol. The van der Waals surface area contributed by atoms with Gasteiger partial charge in [-0.1, -0.05) is 13.8 Å². The van der Waals surface area contributed by atoms with Crippen molar-refractivity contribution in [3.8, 4) is 0 Å². The van der Waals surface area contributed by atoms with Crippen molar-refractivity contribution in [2.45, 2.75) is 39.3 Å². The molecule has 1 atom stereocenters. The summed E-state index contributed by atoms with van der Waals surface area (Å²) in [5.41, 5.74) is 1.24. The maximum Gasteiger partial charge on any atom is 0.0954 e. The highest BCUT2D eigenvalue weighted by Gasteiger charge is 2.16. The number of nitrogens with zero attached hydrogens (tertiary/aromatic N) is 2. The van der Waals surface area contributed by atoms with Gasteiger partial charge in [0, 0.05) is 43.5 Å². The molecule has 2 heterocycles. The van der Waals surface area contributed by atoms with Crippen molar-refractivity contribution in [1.29, 1.82) is 0 Å². The highest BCUT2D eigenvalue weighted by molar-refractivity contribution is 7.09. The molecule has 0 radical (unpaired) electrons. The standard InChI is InChI=1S/C12H21N3S/c1-9(2)12-14-11(8-16-12)7-15-5-4-13-10(3)6-15/h8-10,13H,4-7H2,1-3H3/t10-/m1/s1. The van der Waals surface area contributed by atoms with E-state index in [4.69, 9.17) is 0 Å². The number of nitrogens with one attached hydrogen (secondary N) is 1. The van der Waals surface area contributed by atoms with E-state index in [1.54, 1.807) is 11.3 Å². The van der Waals surface area contributed by atoms with Crippen LogP contribution in [0.15, 0.2) is 5.38 Å². The molecule has 1 aliphatic heterocycles. The predicted octanol–water partition coefficient (Wildman–Crippen LogP) is 2.06. The summed E-state index contributed by atoms with van der Waals surface area (Å²) < 4.78 is 0. The Labute approximate surface area is 102 Å². The molecule has 0 saturated carbocycles. The lowest BCUT2D eigenvalue weighted by atomic mass is 10.2. The van der Waals surface area contributed by atoms with Crippen LogP contribution in [-0.2, 0) is 6.54 Å². The topological polar surface area (TPSA) is 28.2 Å². The lowest BCUT2D eigenvalue weighted by molar-refractivity contribution is 0.198. The average Bonchev–Trinajstić information content (AvgIpc) is 2.66. The van der Waals surface area contributed by atoms with Crippen molar-refractivity contribution < 1.29 is 0 Å². The van der Waals surface area contributed by atoms with Crippen molar-refractivity contribution in [3.05, 3.63) is 16.1 Å². The van der Waals surface area contributed by atoms with E-state index in [-0.39, 0.29) is 0 Å². The highest BCUT2D eigenvalue weighted by atomic mass is 32.1. The Morgan fingerprint density at radius 2 is 2.44 bits per heavy atom. The van der Waals surface area contributed by atoms with Crippen molar-refractivity contribution in [2.24, 2.45) is 0 Å². The lowest BCUT2D eigenvalue weighted by Crippen LogP contribution is -2.48. The molecule has 0 bridgehead atoms. The Bertz CT molecular complexity index is 335. The quantitative estimate of drug-likeness (QED) is 0.875. The van der Waals surface area contributed by atoms with Crippen LogP contribution in [0.25, 0.3) is 0 Å². The van der Waals surface area contributed by atoms with E-state index in [1.165, 1.54) is 10.7 Å². The number of aromatic nitrogens is 1. The highest BCUT2D eigenvalue weighted by Crippen LogP contribution is 2.20. The summed E-state index contributed by atoms with van der Waals surface area (Å²) in [4.78, 5) is 7.17. The third kappa shape index (κ3) is 3.03. The Morgan fingerprint density at radius 3 is 3.06 bits per heavy atom. The molecule has 4 heteroatoms. The van der Waals surface area contributed by atoms with Crippen LogP contribution >= 0.6 is 11.3 Å². The Kier molecular flexibility index (Phi) is 3.95. The van der Waals surface area contributed by atoms with E-state index in [0.717, 1.165) is 26.2 Å². The molecule has 1 N–H and O–H groups in total. The maximum absolute atomic E-state index is 4.69. The molecule has 1 aromatic heterocycles. The van der Waals surface area contributed by atoms with Crippen LogP contribution in [0.3, 0.4) is 0 Å². The van der Waals surface area contributed by atoms with Gasteiger partial charge in [0.2, 0.25) is 0 Å². The third-order valence-electron chi connectivity index (χ3n) is 2.90. The number of thiazole rings is 1. The van der Waals surface area contributed by atoms with Crippen LogP contribution in [-0.4, -0.2) is 35.6 Å². The maximum atomic E-state index is 4.69. The average molecular weight is 239 g/mol. The minimum Gasteiger partial charge on any atom is -0.312 e. The number of hydrogen-bond donors (Lipinski definition) is 1. The summed E-state index contributed by atoms with van der Waals surface area (Å²) in [6.07, 6.45) is 0. The van der Waals surface area contributed by atoms with Gasteiger partial charge in [0.1, 0.15) is 0 Å². The van der Waals surface area contributed by atoms with Crippen molar-refractivity contribution in [2.75, 3.05) is 19.6 Å². The van der Waals surface area contributed by atoms with Gasteiger partial charge in [0.05, 0.1) is 10.7 Å². The first-order valence-corrected chi connectivity index (χ1v) is 6.93. The zero-order valence-electron chi connectivity index (χ0n) is 10.4. The predicted molar refractivity (Wildman–Crippen MR) is 68.9 cm³/mol. The van der Waals surface area contributed by atoms with E-state index < -0.39 is 0 Å². The van der Waals surface area contributed by atoms with Gasteiger partial charge in [-0.05, 0) is 6.92 Å². The van der Waals surface area contributed by atoms with Crippen molar-refractivity contribution >= 4 is 11.3 Å². The second kappa shape index (κ2) is 5.25. The minimum absolute atomic E-state index is 0.556. The molecule has 1 aromatic rings. The SMILES string of the molecule is CC(C)c1nc(CN2CCN[C@H](C)C2)cs1. The van der Waals surface area contributed by atoms with Crippen LogP contribution in [0, 0.1) is 0 Å². The lowest BCUT2D eigenvalue weighted by Gasteiger charge is -2.31. The van der Waals surface area contributed by atoms with Crippen LogP contribution in [0.5, 0.6) is 0 Å². The molecule has 1 saturated heterocycles. The summed E-state index contributed by atoms with van der Waals surface area (Å²) in [6, 6.07) is 0.608. The third-order valence-corrected chi connectivity index (χ3v) is 4.10. The van der Waals surface area contributed by atoms with E-state index in [0.29, 0.717) is 12.0 Å². The number of hydrogen-bond acceptors (Lipinski definition) is 4. The van der Waals surface area contributed by atoms with E-state index in [9.17, 15) is 0 Å². The van der Waals surface area contributed by atoms with Crippen molar-refractivity contribution in [3.63, 3.8) is 0 Å². The summed E-state index contributed by atoms with van der Waals surface area (Å²) in [5.74, 6) is 0.556. The summed E-state index contributed by atoms with van der Waals surface area (Å²) >= 11 is 1.79. The van der Waals surface area contributed by atoms with Gasteiger partial charge in [-0.3, -0.25) is 4.90 Å². The zero-order valence-corrected chi connectivity index (χ0v) is 11.2. The summed E-state index contributed by atoms with van der Waals surface area (Å²) in [5, 5.41) is 6.93. The van der Waals surface area contributed by atoms with Gasteiger partial charge in [0.15, 0.2) is 0 Å². The fraction of sp³-hybridized carbons (Fsp3) is 0.750. The van der Waals surface area contributed by atoms with E-state index in [1.807, 2.05) is 0 Å². The molecular formula is C12H21N3S. The molecule has 0 unspecified atom stereocenters. The second-order valence-electron chi connectivity index (χ2n) is 4.92. The largest absolute Gasteiger partial charge is 0.312 e. The molecule has 0 spiro atoms. The summed E-state index contributed by atoms with van der Waals surface area (Å²) in [6.45, 7) is 11.0. The molecule has 90 valence electrons. The van der Waals surface area contributed by atoms with Crippen LogP contribution in [0.2, 0.25) is 0 Å². The Morgan fingerprint density at radius 1 is 1.62 bits per heavy atom. The normalized spacial score (nSPS) is 22.9. The fourth-order valence-electron chi connectivity index (χ4n) is 2.05. The van der Waals surface area contributed by atoms with Gasteiger partial charge in [-0.2, -0.15) is 0 Å². The first-order chi connectivity index (χ1) is 7.65. The molecule has 3 nitrogen and oxygen atoms in total. The van der Waals surface area contributed by atoms with Gasteiger partial charge < -0.3 is 5.32 Å². The van der Waals surface area contributed by atoms with Gasteiger partial charge >= 0.3 is 0 Å². The van der Waals surface area contributed by atoms with Gasteiger partial charge in [-0.25, -0.2) is 4.98 Å². The molecule has 0 amide bonds. The first-order valence-electron chi connectivity index (χ1n) is 6.05. The first kappa shape index (κ1) is 12.0. The molecule has 0 aliphatic carbocycles. The second-order valence-corrected chi connectivity index (χ2v) is 5.81. The minimum atomic E-state index is 0.556. The smallest absolute Gasteiger partial charge is 0.0954 e. The van der Waals surface area contributed by atoms with E-state index in [2.05, 4.69) is 41.4 Å². The zero-order chi connectivity index (χ0) is 11.5. The number of piperazine rings is 1. The monoisotopic (exact) mass is 239 g/mol. The van der Waals surface area contributed by atoms with Crippen molar-refractivity contribution in [1.82, 2.24) is 15.2 Å². The molecule has 1 aliphatic rings. The van der Waals surface area contributed by atoms with E-state index >= 15 is 0 Å².